The first-order valence-corrected chi connectivity index (χ1v) is 6.54. The molecule has 94 valence electrons. The average Bonchev–Trinajstić information content (AvgIpc) is 2.94. The van der Waals surface area contributed by atoms with Gasteiger partial charge in [-0.2, -0.15) is 5.10 Å². The third-order valence-corrected chi connectivity index (χ3v) is 3.78. The number of nitrogens with one attached hydrogen (secondary N) is 2. The van der Waals surface area contributed by atoms with Crippen LogP contribution in [-0.4, -0.2) is 27.2 Å². The van der Waals surface area contributed by atoms with Crippen LogP contribution < -0.4 is 10.6 Å². The number of anilines is 1. The summed E-state index contributed by atoms with van der Waals surface area (Å²) in [6.07, 6.45) is 2.66. The average molecular weight is 263 g/mol. The van der Waals surface area contributed by atoms with Crippen LogP contribution in [0.1, 0.15) is 21.1 Å². The predicted molar refractivity (Wildman–Crippen MR) is 68.7 cm³/mol. The predicted octanol–water partition coefficient (Wildman–Crippen LogP) is 0.775. The lowest BCUT2D eigenvalue weighted by Gasteiger charge is -2.09. The van der Waals surface area contributed by atoms with Gasteiger partial charge in [0.05, 0.1) is 5.69 Å². The number of aromatic nitrogens is 3. The molecule has 0 fully saturated rings. The Labute approximate surface area is 108 Å². The van der Waals surface area contributed by atoms with Crippen LogP contribution in [0.4, 0.5) is 5.13 Å². The zero-order valence-electron chi connectivity index (χ0n) is 9.93. The highest BCUT2D eigenvalue weighted by molar-refractivity contribution is 7.15. The molecule has 3 rings (SSSR count). The maximum absolute atomic E-state index is 11.9. The fraction of sp³-hybridized carbons (Fsp3) is 0.364. The smallest absolute Gasteiger partial charge is 0.277 e. The van der Waals surface area contributed by atoms with Gasteiger partial charge in [0.1, 0.15) is 0 Å². The van der Waals surface area contributed by atoms with Crippen molar-refractivity contribution in [3.63, 3.8) is 0 Å². The number of hydrogen-bond acceptors (Lipinski definition) is 5. The summed E-state index contributed by atoms with van der Waals surface area (Å²) in [5, 5.41) is 10.8. The van der Waals surface area contributed by atoms with E-state index in [9.17, 15) is 4.79 Å². The summed E-state index contributed by atoms with van der Waals surface area (Å²) in [5.74, 6) is -0.213. The van der Waals surface area contributed by atoms with Crippen LogP contribution in [0, 0.1) is 0 Å². The van der Waals surface area contributed by atoms with Crippen molar-refractivity contribution in [3.05, 3.63) is 28.5 Å². The minimum atomic E-state index is -0.213. The summed E-state index contributed by atoms with van der Waals surface area (Å²) < 4.78 is 1.60. The van der Waals surface area contributed by atoms with Gasteiger partial charge < -0.3 is 5.32 Å². The normalized spacial score (nSPS) is 14.3. The number of rotatable bonds is 2. The number of hydrogen-bond donors (Lipinski definition) is 2. The summed E-state index contributed by atoms with van der Waals surface area (Å²) in [4.78, 5) is 17.5. The Bertz CT molecular complexity index is 565. The van der Waals surface area contributed by atoms with E-state index in [4.69, 9.17) is 0 Å². The standard InChI is InChI=1S/C11H13N5OS/c1-16-5-3-8(15-16)10(17)14-11-13-7-2-4-12-6-9(7)18-11/h3,5,12H,2,4,6H2,1H3,(H,13,14,17). The monoisotopic (exact) mass is 263 g/mol. The lowest BCUT2D eigenvalue weighted by atomic mass is 10.2. The van der Waals surface area contributed by atoms with E-state index >= 15 is 0 Å². The minimum absolute atomic E-state index is 0.213. The first kappa shape index (κ1) is 11.4. The molecular weight excluding hydrogens is 250 g/mol. The van der Waals surface area contributed by atoms with Gasteiger partial charge in [0.2, 0.25) is 0 Å². The molecule has 0 aliphatic carbocycles. The molecule has 0 radical (unpaired) electrons. The molecule has 0 atom stereocenters. The molecule has 2 aromatic heterocycles. The number of aryl methyl sites for hydroxylation is 1. The van der Waals surface area contributed by atoms with Crippen molar-refractivity contribution in [1.82, 2.24) is 20.1 Å². The Morgan fingerprint density at radius 2 is 2.50 bits per heavy atom. The molecule has 3 heterocycles. The first-order valence-electron chi connectivity index (χ1n) is 5.72. The first-order chi connectivity index (χ1) is 8.72. The van der Waals surface area contributed by atoms with Crippen LogP contribution in [0.2, 0.25) is 0 Å². The molecule has 0 bridgehead atoms. The van der Waals surface area contributed by atoms with E-state index in [1.807, 2.05) is 0 Å². The molecule has 0 saturated carbocycles. The van der Waals surface area contributed by atoms with Gasteiger partial charge in [-0.1, -0.05) is 0 Å². The van der Waals surface area contributed by atoms with Gasteiger partial charge in [0.25, 0.3) is 5.91 Å². The molecule has 0 saturated heterocycles. The van der Waals surface area contributed by atoms with E-state index in [1.54, 1.807) is 24.0 Å². The van der Waals surface area contributed by atoms with Crippen molar-refractivity contribution >= 4 is 22.4 Å². The molecule has 0 aromatic carbocycles. The summed E-state index contributed by atoms with van der Waals surface area (Å²) in [6, 6.07) is 1.68. The van der Waals surface area contributed by atoms with Gasteiger partial charge in [-0.15, -0.1) is 11.3 Å². The highest BCUT2D eigenvalue weighted by Gasteiger charge is 2.17. The SMILES string of the molecule is Cn1ccc(C(=O)Nc2nc3c(s2)CNCC3)n1. The largest absolute Gasteiger partial charge is 0.311 e. The van der Waals surface area contributed by atoms with E-state index in [0.29, 0.717) is 10.8 Å². The highest BCUT2D eigenvalue weighted by atomic mass is 32.1. The Hall–Kier alpha value is -1.73. The third kappa shape index (κ3) is 2.14. The van der Waals surface area contributed by atoms with Crippen LogP contribution in [0.25, 0.3) is 0 Å². The summed E-state index contributed by atoms with van der Waals surface area (Å²) in [7, 11) is 1.78. The lowest BCUT2D eigenvalue weighted by Crippen LogP contribution is -2.22. The summed E-state index contributed by atoms with van der Waals surface area (Å²) in [6.45, 7) is 1.79. The van der Waals surface area contributed by atoms with Crippen molar-refractivity contribution in [2.75, 3.05) is 11.9 Å². The molecule has 0 unspecified atom stereocenters. The summed E-state index contributed by atoms with van der Waals surface area (Å²) >= 11 is 1.52. The van der Waals surface area contributed by atoms with Gasteiger partial charge in [-0.3, -0.25) is 14.8 Å². The Morgan fingerprint density at radius 1 is 1.61 bits per heavy atom. The molecule has 1 amide bonds. The van der Waals surface area contributed by atoms with E-state index in [-0.39, 0.29) is 5.91 Å². The summed E-state index contributed by atoms with van der Waals surface area (Å²) in [5.41, 5.74) is 1.50. The van der Waals surface area contributed by atoms with Crippen molar-refractivity contribution in [3.8, 4) is 0 Å². The zero-order valence-corrected chi connectivity index (χ0v) is 10.8. The van der Waals surface area contributed by atoms with Gasteiger partial charge in [-0.05, 0) is 6.07 Å². The van der Waals surface area contributed by atoms with E-state index < -0.39 is 0 Å². The van der Waals surface area contributed by atoms with Crippen LogP contribution in [0.3, 0.4) is 0 Å². The molecule has 7 heteroatoms. The number of carbonyl (C=O) groups is 1. The van der Waals surface area contributed by atoms with Gasteiger partial charge in [-0.25, -0.2) is 4.98 Å². The van der Waals surface area contributed by atoms with E-state index in [1.165, 1.54) is 16.2 Å². The van der Waals surface area contributed by atoms with E-state index in [2.05, 4.69) is 20.7 Å². The molecule has 0 spiro atoms. The minimum Gasteiger partial charge on any atom is -0.311 e. The third-order valence-electron chi connectivity index (χ3n) is 2.77. The van der Waals surface area contributed by atoms with E-state index in [0.717, 1.165) is 25.2 Å². The fourth-order valence-electron chi connectivity index (χ4n) is 1.88. The second-order valence-corrected chi connectivity index (χ2v) is 5.23. The number of nitrogens with zero attached hydrogens (tertiary/aromatic N) is 3. The Balaban J connectivity index is 1.76. The maximum Gasteiger partial charge on any atom is 0.277 e. The van der Waals surface area contributed by atoms with Crippen LogP contribution in [0.5, 0.6) is 0 Å². The number of fused-ring (bicyclic) bond motifs is 1. The molecule has 2 aromatic rings. The fourth-order valence-corrected chi connectivity index (χ4v) is 2.85. The lowest BCUT2D eigenvalue weighted by molar-refractivity contribution is 0.102. The second-order valence-electron chi connectivity index (χ2n) is 4.14. The van der Waals surface area contributed by atoms with Crippen molar-refractivity contribution in [2.24, 2.45) is 7.05 Å². The zero-order chi connectivity index (χ0) is 12.5. The molecule has 1 aliphatic heterocycles. The van der Waals surface area contributed by atoms with Crippen molar-refractivity contribution in [2.45, 2.75) is 13.0 Å². The number of carbonyl (C=O) groups excluding carboxylic acids is 1. The van der Waals surface area contributed by atoms with Crippen LogP contribution in [0.15, 0.2) is 12.3 Å². The Morgan fingerprint density at radius 3 is 3.22 bits per heavy atom. The number of thiazole rings is 1. The topological polar surface area (TPSA) is 71.8 Å². The quantitative estimate of drug-likeness (QED) is 0.839. The molecule has 6 nitrogen and oxygen atoms in total. The molecule has 2 N–H and O–H groups in total. The molecule has 18 heavy (non-hydrogen) atoms. The van der Waals surface area contributed by atoms with Crippen LogP contribution >= 0.6 is 11.3 Å². The molecule has 1 aliphatic rings. The second kappa shape index (κ2) is 4.51. The van der Waals surface area contributed by atoms with Crippen molar-refractivity contribution < 1.29 is 4.79 Å². The maximum atomic E-state index is 11.9. The van der Waals surface area contributed by atoms with Crippen LogP contribution in [-0.2, 0) is 20.0 Å². The Kier molecular flexibility index (Phi) is 2.85. The van der Waals surface area contributed by atoms with Crippen molar-refractivity contribution in [1.29, 1.82) is 0 Å². The molecular formula is C11H13N5OS. The van der Waals surface area contributed by atoms with Gasteiger partial charge in [0.15, 0.2) is 10.8 Å². The highest BCUT2D eigenvalue weighted by Crippen LogP contribution is 2.25. The number of amides is 1. The van der Waals surface area contributed by atoms with Gasteiger partial charge >= 0.3 is 0 Å². The van der Waals surface area contributed by atoms with Gasteiger partial charge in [0, 0.05) is 37.6 Å².